The molecular formula is C21H24N2O2. The van der Waals surface area contributed by atoms with Gasteiger partial charge in [0.15, 0.2) is 0 Å². The largest absolute Gasteiger partial charge is 0.496 e. The van der Waals surface area contributed by atoms with Crippen molar-refractivity contribution in [2.75, 3.05) is 38.2 Å². The Kier molecular flexibility index (Phi) is 5.39. The summed E-state index contributed by atoms with van der Waals surface area (Å²) < 4.78 is 5.31. The van der Waals surface area contributed by atoms with Crippen LogP contribution in [0.5, 0.6) is 5.75 Å². The first kappa shape index (κ1) is 17.1. The number of amides is 1. The third-order valence-corrected chi connectivity index (χ3v) is 4.50. The van der Waals surface area contributed by atoms with Gasteiger partial charge in [0.1, 0.15) is 5.75 Å². The minimum atomic E-state index is 0.0507. The Labute approximate surface area is 149 Å². The first-order valence-corrected chi connectivity index (χ1v) is 8.59. The Bertz CT molecular complexity index is 762. The number of benzene rings is 2. The molecule has 1 fully saturated rings. The van der Waals surface area contributed by atoms with E-state index in [4.69, 9.17) is 4.74 Å². The maximum absolute atomic E-state index is 12.4. The fourth-order valence-corrected chi connectivity index (χ4v) is 3.08. The first-order chi connectivity index (χ1) is 12.2. The van der Waals surface area contributed by atoms with Gasteiger partial charge in [0.05, 0.1) is 7.11 Å². The molecule has 1 heterocycles. The number of carbonyl (C=O) groups is 1. The molecule has 1 amide bonds. The van der Waals surface area contributed by atoms with Crippen molar-refractivity contribution in [3.05, 3.63) is 65.7 Å². The summed E-state index contributed by atoms with van der Waals surface area (Å²) in [6.45, 7) is 5.30. The van der Waals surface area contributed by atoms with Gasteiger partial charge in [0, 0.05) is 43.5 Å². The molecule has 0 aromatic heterocycles. The van der Waals surface area contributed by atoms with Crippen LogP contribution in [0.25, 0.3) is 6.08 Å². The Morgan fingerprint density at radius 3 is 2.52 bits per heavy atom. The van der Waals surface area contributed by atoms with Crippen LogP contribution in [0.1, 0.15) is 11.1 Å². The Morgan fingerprint density at radius 1 is 1.04 bits per heavy atom. The molecule has 0 spiro atoms. The Balaban J connectivity index is 1.59. The first-order valence-electron chi connectivity index (χ1n) is 8.59. The lowest BCUT2D eigenvalue weighted by molar-refractivity contribution is -0.126. The quantitative estimate of drug-likeness (QED) is 0.803. The molecule has 1 aliphatic rings. The van der Waals surface area contributed by atoms with Crippen molar-refractivity contribution in [2.24, 2.45) is 0 Å². The zero-order valence-corrected chi connectivity index (χ0v) is 14.8. The van der Waals surface area contributed by atoms with Gasteiger partial charge < -0.3 is 14.5 Å². The number of nitrogens with zero attached hydrogens (tertiary/aromatic N) is 2. The minimum Gasteiger partial charge on any atom is -0.496 e. The lowest BCUT2D eigenvalue weighted by Gasteiger charge is -2.35. The van der Waals surface area contributed by atoms with Gasteiger partial charge in [-0.1, -0.05) is 30.3 Å². The summed E-state index contributed by atoms with van der Waals surface area (Å²) in [5.41, 5.74) is 3.41. The van der Waals surface area contributed by atoms with E-state index in [-0.39, 0.29) is 5.91 Å². The molecule has 0 saturated carbocycles. The van der Waals surface area contributed by atoms with Crippen LogP contribution in [-0.4, -0.2) is 44.1 Å². The van der Waals surface area contributed by atoms with Crippen molar-refractivity contribution >= 4 is 17.7 Å². The number of piperazine rings is 1. The minimum absolute atomic E-state index is 0.0507. The van der Waals surface area contributed by atoms with E-state index in [9.17, 15) is 4.79 Å². The maximum atomic E-state index is 12.4. The number of carbonyl (C=O) groups excluding carboxylic acids is 1. The fourth-order valence-electron chi connectivity index (χ4n) is 3.08. The van der Waals surface area contributed by atoms with Crippen LogP contribution in [0, 0.1) is 6.92 Å². The molecule has 0 bridgehead atoms. The van der Waals surface area contributed by atoms with Gasteiger partial charge >= 0.3 is 0 Å². The summed E-state index contributed by atoms with van der Waals surface area (Å²) in [6, 6.07) is 16.2. The monoisotopic (exact) mass is 336 g/mol. The van der Waals surface area contributed by atoms with Crippen molar-refractivity contribution in [1.29, 1.82) is 0 Å². The van der Waals surface area contributed by atoms with Crippen LogP contribution < -0.4 is 9.64 Å². The molecule has 0 radical (unpaired) electrons. The van der Waals surface area contributed by atoms with Crippen LogP contribution in [0.15, 0.2) is 54.6 Å². The van der Waals surface area contributed by atoms with Crippen LogP contribution in [0.2, 0.25) is 0 Å². The van der Waals surface area contributed by atoms with E-state index >= 15 is 0 Å². The van der Waals surface area contributed by atoms with E-state index in [1.54, 1.807) is 13.2 Å². The highest BCUT2D eigenvalue weighted by Gasteiger charge is 2.19. The molecule has 0 N–H and O–H groups in total. The number of methoxy groups -OCH3 is 1. The Hall–Kier alpha value is -2.75. The van der Waals surface area contributed by atoms with E-state index in [0.29, 0.717) is 0 Å². The van der Waals surface area contributed by atoms with Crippen LogP contribution >= 0.6 is 0 Å². The molecule has 1 aliphatic heterocycles. The predicted octanol–water partition coefficient (Wildman–Crippen LogP) is 3.37. The van der Waals surface area contributed by atoms with Crippen molar-refractivity contribution in [3.63, 3.8) is 0 Å². The standard InChI is InChI=1S/C21H24N2O2/c1-17-6-5-8-19(16-17)22-12-14-23(15-13-22)21(24)11-10-18-7-3-4-9-20(18)25-2/h3-11,16H,12-15H2,1-2H3/b11-10+. The van der Waals surface area contributed by atoms with Gasteiger partial charge in [-0.15, -0.1) is 0 Å². The zero-order valence-electron chi connectivity index (χ0n) is 14.8. The highest BCUT2D eigenvalue weighted by molar-refractivity contribution is 5.92. The molecule has 25 heavy (non-hydrogen) atoms. The van der Waals surface area contributed by atoms with Crippen LogP contribution in [0.4, 0.5) is 5.69 Å². The van der Waals surface area contributed by atoms with E-state index < -0.39 is 0 Å². The summed E-state index contributed by atoms with van der Waals surface area (Å²) in [4.78, 5) is 16.7. The zero-order chi connectivity index (χ0) is 17.6. The summed E-state index contributed by atoms with van der Waals surface area (Å²) in [6.07, 6.45) is 3.47. The molecule has 130 valence electrons. The second-order valence-electron chi connectivity index (χ2n) is 6.23. The molecule has 0 unspecified atom stereocenters. The van der Waals surface area contributed by atoms with E-state index in [2.05, 4.69) is 36.1 Å². The summed E-state index contributed by atoms with van der Waals surface area (Å²) in [5.74, 6) is 0.825. The smallest absolute Gasteiger partial charge is 0.246 e. The summed E-state index contributed by atoms with van der Waals surface area (Å²) in [7, 11) is 1.64. The van der Waals surface area contributed by atoms with E-state index in [1.807, 2.05) is 35.2 Å². The second-order valence-corrected chi connectivity index (χ2v) is 6.23. The lowest BCUT2D eigenvalue weighted by atomic mass is 10.1. The van der Waals surface area contributed by atoms with Crippen molar-refractivity contribution in [1.82, 2.24) is 4.90 Å². The molecule has 1 saturated heterocycles. The Morgan fingerprint density at radius 2 is 1.80 bits per heavy atom. The topological polar surface area (TPSA) is 32.8 Å². The normalized spacial score (nSPS) is 14.8. The van der Waals surface area contributed by atoms with Gasteiger partial charge in [-0.3, -0.25) is 4.79 Å². The number of aryl methyl sites for hydroxylation is 1. The second kappa shape index (κ2) is 7.88. The molecule has 4 heteroatoms. The predicted molar refractivity (Wildman–Crippen MR) is 102 cm³/mol. The number of ether oxygens (including phenoxy) is 1. The van der Waals surface area contributed by atoms with Gasteiger partial charge in [-0.05, 0) is 36.8 Å². The average molecular weight is 336 g/mol. The van der Waals surface area contributed by atoms with E-state index in [0.717, 1.165) is 37.5 Å². The lowest BCUT2D eigenvalue weighted by Crippen LogP contribution is -2.48. The van der Waals surface area contributed by atoms with E-state index in [1.165, 1.54) is 11.3 Å². The molecule has 2 aromatic rings. The molecule has 4 nitrogen and oxygen atoms in total. The fraction of sp³-hybridized carbons (Fsp3) is 0.286. The van der Waals surface area contributed by atoms with Gasteiger partial charge in [0.25, 0.3) is 0 Å². The molecule has 0 aliphatic carbocycles. The van der Waals surface area contributed by atoms with Crippen LogP contribution in [-0.2, 0) is 4.79 Å². The number of rotatable bonds is 4. The summed E-state index contributed by atoms with van der Waals surface area (Å²) in [5, 5.41) is 0. The highest BCUT2D eigenvalue weighted by Crippen LogP contribution is 2.20. The summed E-state index contributed by atoms with van der Waals surface area (Å²) >= 11 is 0. The number of para-hydroxylation sites is 1. The third-order valence-electron chi connectivity index (χ3n) is 4.50. The van der Waals surface area contributed by atoms with Crippen molar-refractivity contribution in [2.45, 2.75) is 6.92 Å². The molecular weight excluding hydrogens is 312 g/mol. The van der Waals surface area contributed by atoms with Gasteiger partial charge in [-0.25, -0.2) is 0 Å². The third kappa shape index (κ3) is 4.21. The average Bonchev–Trinajstić information content (AvgIpc) is 2.66. The molecule has 2 aromatic carbocycles. The maximum Gasteiger partial charge on any atom is 0.246 e. The molecule has 3 rings (SSSR count). The van der Waals surface area contributed by atoms with Gasteiger partial charge in [0.2, 0.25) is 5.91 Å². The molecule has 0 atom stereocenters. The number of anilines is 1. The van der Waals surface area contributed by atoms with Crippen molar-refractivity contribution in [3.8, 4) is 5.75 Å². The van der Waals surface area contributed by atoms with Crippen LogP contribution in [0.3, 0.4) is 0 Å². The number of hydrogen-bond donors (Lipinski definition) is 0. The highest BCUT2D eigenvalue weighted by atomic mass is 16.5. The van der Waals surface area contributed by atoms with Crippen molar-refractivity contribution < 1.29 is 9.53 Å². The van der Waals surface area contributed by atoms with Gasteiger partial charge in [-0.2, -0.15) is 0 Å². The SMILES string of the molecule is COc1ccccc1/C=C/C(=O)N1CCN(c2cccc(C)c2)CC1. The number of hydrogen-bond acceptors (Lipinski definition) is 3.